The van der Waals surface area contributed by atoms with E-state index in [9.17, 15) is 0 Å². The van der Waals surface area contributed by atoms with Crippen LogP contribution in [0, 0.1) is 0 Å². The molecule has 0 bridgehead atoms. The van der Waals surface area contributed by atoms with Crippen LogP contribution in [0.1, 0.15) is 5.89 Å². The van der Waals surface area contributed by atoms with Gasteiger partial charge in [-0.3, -0.25) is 4.57 Å². The molecule has 0 aliphatic carbocycles. The van der Waals surface area contributed by atoms with Crippen molar-refractivity contribution in [3.63, 3.8) is 0 Å². The van der Waals surface area contributed by atoms with E-state index in [1.807, 2.05) is 53.1 Å². The van der Waals surface area contributed by atoms with Crippen LogP contribution in [0.25, 0.3) is 17.1 Å². The van der Waals surface area contributed by atoms with Crippen molar-refractivity contribution in [3.8, 4) is 28.6 Å². The summed E-state index contributed by atoms with van der Waals surface area (Å²) < 4.78 is 18.0. The summed E-state index contributed by atoms with van der Waals surface area (Å²) in [7, 11) is 3.24. The van der Waals surface area contributed by atoms with Gasteiger partial charge in [-0.25, -0.2) is 0 Å². The predicted molar refractivity (Wildman–Crippen MR) is 104 cm³/mol. The Kier molecular flexibility index (Phi) is 5.24. The average molecular weight is 395 g/mol. The van der Waals surface area contributed by atoms with E-state index in [0.29, 0.717) is 28.4 Å². The molecule has 0 fully saturated rings. The summed E-state index contributed by atoms with van der Waals surface area (Å²) in [6, 6.07) is 15.2. The molecule has 0 saturated heterocycles. The van der Waals surface area contributed by atoms with Crippen LogP contribution in [0.5, 0.6) is 11.5 Å². The molecule has 28 heavy (non-hydrogen) atoms. The summed E-state index contributed by atoms with van der Waals surface area (Å²) in [5.74, 6) is 2.86. The highest BCUT2D eigenvalue weighted by molar-refractivity contribution is 7.98. The Balaban J connectivity index is 1.53. The number of ether oxygens (including phenoxy) is 2. The maximum atomic E-state index is 5.42. The number of aromatic nitrogens is 5. The lowest BCUT2D eigenvalue weighted by molar-refractivity contribution is 0.390. The van der Waals surface area contributed by atoms with Gasteiger partial charge in [-0.05, 0) is 24.3 Å². The number of benzene rings is 2. The van der Waals surface area contributed by atoms with Crippen LogP contribution in [0.2, 0.25) is 0 Å². The third kappa shape index (κ3) is 3.56. The monoisotopic (exact) mass is 395 g/mol. The molecule has 2 heterocycles. The lowest BCUT2D eigenvalue weighted by atomic mass is 10.2. The molecule has 0 aliphatic heterocycles. The van der Waals surface area contributed by atoms with Gasteiger partial charge in [-0.15, -0.1) is 10.2 Å². The molecule has 4 aromatic rings. The number of rotatable bonds is 7. The number of para-hydroxylation sites is 3. The Labute approximate surface area is 165 Å². The van der Waals surface area contributed by atoms with E-state index in [0.717, 1.165) is 17.0 Å². The van der Waals surface area contributed by atoms with Crippen LogP contribution in [-0.4, -0.2) is 39.1 Å². The summed E-state index contributed by atoms with van der Waals surface area (Å²) in [6.07, 6.45) is 1.65. The van der Waals surface area contributed by atoms with Gasteiger partial charge in [-0.1, -0.05) is 41.2 Å². The molecule has 2 aromatic carbocycles. The van der Waals surface area contributed by atoms with Crippen LogP contribution in [-0.2, 0) is 5.75 Å². The Hall–Kier alpha value is -3.33. The van der Waals surface area contributed by atoms with Gasteiger partial charge in [0.1, 0.15) is 17.8 Å². The van der Waals surface area contributed by atoms with Crippen LogP contribution in [0.15, 0.2) is 64.5 Å². The summed E-state index contributed by atoms with van der Waals surface area (Å²) in [5, 5.41) is 13.0. The minimum Gasteiger partial charge on any atom is -0.496 e. The van der Waals surface area contributed by atoms with Gasteiger partial charge in [0.25, 0.3) is 0 Å². The number of hydrogen-bond donors (Lipinski definition) is 0. The number of thioether (sulfide) groups is 1. The molecular weight excluding hydrogens is 378 g/mol. The smallest absolute Gasteiger partial charge is 0.237 e. The van der Waals surface area contributed by atoms with Crippen molar-refractivity contribution in [1.82, 2.24) is 24.9 Å². The highest BCUT2D eigenvalue weighted by Gasteiger charge is 2.15. The first-order valence-corrected chi connectivity index (χ1v) is 9.41. The lowest BCUT2D eigenvalue weighted by Crippen LogP contribution is -1.98. The molecule has 0 unspecified atom stereocenters. The van der Waals surface area contributed by atoms with Gasteiger partial charge in [0.05, 0.1) is 31.2 Å². The Morgan fingerprint density at radius 1 is 1.00 bits per heavy atom. The second-order valence-electron chi connectivity index (χ2n) is 5.66. The fraction of sp³-hybridized carbons (Fsp3) is 0.158. The fourth-order valence-corrected chi connectivity index (χ4v) is 3.45. The third-order valence-corrected chi connectivity index (χ3v) is 4.93. The Bertz CT molecular complexity index is 1080. The van der Waals surface area contributed by atoms with Crippen molar-refractivity contribution >= 4 is 11.8 Å². The number of nitrogens with zero attached hydrogens (tertiary/aromatic N) is 5. The molecule has 2 aromatic heterocycles. The molecule has 9 heteroatoms. The topological polar surface area (TPSA) is 88.1 Å². The summed E-state index contributed by atoms with van der Waals surface area (Å²) >= 11 is 1.45. The van der Waals surface area contributed by atoms with Gasteiger partial charge in [0.15, 0.2) is 5.16 Å². The van der Waals surface area contributed by atoms with E-state index in [1.54, 1.807) is 20.5 Å². The fourth-order valence-electron chi connectivity index (χ4n) is 2.70. The minimum atomic E-state index is 0.454. The molecule has 0 saturated carbocycles. The molecule has 0 N–H and O–H groups in total. The van der Waals surface area contributed by atoms with Gasteiger partial charge in [0, 0.05) is 0 Å². The number of hydrogen-bond acceptors (Lipinski definition) is 8. The Morgan fingerprint density at radius 3 is 2.57 bits per heavy atom. The van der Waals surface area contributed by atoms with Gasteiger partial charge < -0.3 is 14.0 Å². The molecule has 0 atom stereocenters. The van der Waals surface area contributed by atoms with Crippen molar-refractivity contribution in [3.05, 3.63) is 60.7 Å². The minimum absolute atomic E-state index is 0.454. The highest BCUT2D eigenvalue weighted by atomic mass is 32.2. The van der Waals surface area contributed by atoms with Crippen molar-refractivity contribution in [1.29, 1.82) is 0 Å². The Morgan fingerprint density at radius 2 is 1.75 bits per heavy atom. The van der Waals surface area contributed by atoms with Crippen LogP contribution in [0.3, 0.4) is 0 Å². The van der Waals surface area contributed by atoms with Crippen LogP contribution >= 0.6 is 11.8 Å². The predicted octanol–water partition coefficient (Wildman–Crippen LogP) is 3.63. The van der Waals surface area contributed by atoms with Gasteiger partial charge >= 0.3 is 0 Å². The third-order valence-electron chi connectivity index (χ3n) is 4.00. The zero-order valence-electron chi connectivity index (χ0n) is 15.3. The summed E-state index contributed by atoms with van der Waals surface area (Å²) in [6.45, 7) is 0. The molecule has 4 rings (SSSR count). The van der Waals surface area contributed by atoms with E-state index in [-0.39, 0.29) is 0 Å². The summed E-state index contributed by atoms with van der Waals surface area (Å²) in [5.41, 5.74) is 1.64. The molecule has 142 valence electrons. The first-order valence-electron chi connectivity index (χ1n) is 8.42. The molecule has 0 spiro atoms. The zero-order valence-corrected chi connectivity index (χ0v) is 16.1. The first-order chi connectivity index (χ1) is 13.8. The lowest BCUT2D eigenvalue weighted by Gasteiger charge is -2.10. The normalized spacial score (nSPS) is 10.8. The quantitative estimate of drug-likeness (QED) is 0.438. The van der Waals surface area contributed by atoms with Crippen molar-refractivity contribution in [2.75, 3.05) is 14.2 Å². The second kappa shape index (κ2) is 8.13. The molecule has 0 radical (unpaired) electrons. The molecule has 0 amide bonds. The largest absolute Gasteiger partial charge is 0.496 e. The highest BCUT2D eigenvalue weighted by Crippen LogP contribution is 2.30. The second-order valence-corrected chi connectivity index (χ2v) is 6.60. The van der Waals surface area contributed by atoms with Crippen LogP contribution < -0.4 is 9.47 Å². The van der Waals surface area contributed by atoms with Crippen molar-refractivity contribution in [2.24, 2.45) is 0 Å². The van der Waals surface area contributed by atoms with E-state index in [4.69, 9.17) is 14.0 Å². The van der Waals surface area contributed by atoms with Gasteiger partial charge in [-0.2, -0.15) is 4.98 Å². The van der Waals surface area contributed by atoms with Crippen molar-refractivity contribution in [2.45, 2.75) is 10.9 Å². The number of methoxy groups -OCH3 is 2. The van der Waals surface area contributed by atoms with E-state index >= 15 is 0 Å². The van der Waals surface area contributed by atoms with Gasteiger partial charge in [0.2, 0.25) is 11.7 Å². The van der Waals surface area contributed by atoms with E-state index < -0.39 is 0 Å². The first kappa shape index (κ1) is 18.1. The van der Waals surface area contributed by atoms with Crippen molar-refractivity contribution < 1.29 is 14.0 Å². The average Bonchev–Trinajstić information content (AvgIpc) is 3.41. The maximum absolute atomic E-state index is 5.42. The summed E-state index contributed by atoms with van der Waals surface area (Å²) in [4.78, 5) is 4.46. The molecule has 8 nitrogen and oxygen atoms in total. The zero-order chi connectivity index (χ0) is 19.3. The molecular formula is C19H17N5O3S. The molecule has 0 aliphatic rings. The SMILES string of the molecule is COc1ccccc1-c1noc(CSc2nncn2-c2ccccc2OC)n1. The van der Waals surface area contributed by atoms with Crippen LogP contribution in [0.4, 0.5) is 0 Å². The van der Waals surface area contributed by atoms with E-state index in [2.05, 4.69) is 20.3 Å². The standard InChI is InChI=1S/C19H17N5O3S/c1-25-15-9-5-3-7-13(15)18-21-17(27-23-18)11-28-19-22-20-12-24(19)14-8-4-6-10-16(14)26-2/h3-10,12H,11H2,1-2H3. The van der Waals surface area contributed by atoms with E-state index in [1.165, 1.54) is 11.8 Å². The maximum Gasteiger partial charge on any atom is 0.237 e.